The Morgan fingerprint density at radius 2 is 1.67 bits per heavy atom. The van der Waals surface area contributed by atoms with Gasteiger partial charge in [-0.2, -0.15) is 4.37 Å². The zero-order chi connectivity index (χ0) is 17.3. The van der Waals surface area contributed by atoms with E-state index in [0.717, 1.165) is 42.8 Å². The maximum absolute atomic E-state index is 11.2. The van der Waals surface area contributed by atoms with Crippen molar-refractivity contribution in [3.05, 3.63) is 35.7 Å². The Hall–Kier alpha value is -2.15. The Morgan fingerprint density at radius 1 is 1.08 bits per heavy atom. The van der Waals surface area contributed by atoms with E-state index in [2.05, 4.69) is 34.9 Å². The summed E-state index contributed by atoms with van der Waals surface area (Å²) in [6, 6.07) is 7.48. The third kappa shape index (κ3) is 3.51. The van der Waals surface area contributed by atoms with Crippen LogP contribution in [0, 0.1) is 0 Å². The van der Waals surface area contributed by atoms with Crippen LogP contribution in [0.25, 0.3) is 0 Å². The number of hydrogen-bond acceptors (Lipinski definition) is 6. The van der Waals surface area contributed by atoms with E-state index in [9.17, 15) is 4.79 Å². The minimum absolute atomic E-state index is 0.0151. The summed E-state index contributed by atoms with van der Waals surface area (Å²) < 4.78 is 4.50. The summed E-state index contributed by atoms with van der Waals surface area (Å²) in [5.74, 6) is 0.518. The van der Waals surface area contributed by atoms with Gasteiger partial charge in [0.25, 0.3) is 0 Å². The second-order valence-electron chi connectivity index (χ2n) is 7.04. The van der Waals surface area contributed by atoms with Crippen LogP contribution in [0.3, 0.4) is 0 Å². The molecular formula is C17H23N5OS. The van der Waals surface area contributed by atoms with Crippen molar-refractivity contribution in [1.82, 2.24) is 9.36 Å². The fourth-order valence-corrected chi connectivity index (χ4v) is 3.55. The predicted molar refractivity (Wildman–Crippen MR) is 98.0 cm³/mol. The van der Waals surface area contributed by atoms with Crippen molar-refractivity contribution in [3.8, 4) is 0 Å². The maximum Gasteiger partial charge on any atom is 0.248 e. The number of aromatic nitrogens is 2. The first-order valence-electron chi connectivity index (χ1n) is 8.08. The van der Waals surface area contributed by atoms with Crippen molar-refractivity contribution >= 4 is 28.3 Å². The molecule has 128 valence electrons. The van der Waals surface area contributed by atoms with Gasteiger partial charge >= 0.3 is 0 Å². The zero-order valence-corrected chi connectivity index (χ0v) is 15.1. The van der Waals surface area contributed by atoms with Crippen molar-refractivity contribution in [2.24, 2.45) is 5.73 Å². The molecule has 1 aromatic heterocycles. The predicted octanol–water partition coefficient (Wildman–Crippen LogP) is 2.26. The van der Waals surface area contributed by atoms with Crippen LogP contribution in [0.1, 0.15) is 37.0 Å². The topological polar surface area (TPSA) is 75.3 Å². The molecule has 1 fully saturated rings. The van der Waals surface area contributed by atoms with E-state index in [1.165, 1.54) is 11.5 Å². The Labute approximate surface area is 146 Å². The van der Waals surface area contributed by atoms with Crippen molar-refractivity contribution in [2.75, 3.05) is 36.0 Å². The molecule has 2 aromatic rings. The molecule has 0 atom stereocenters. The average Bonchev–Trinajstić information content (AvgIpc) is 3.05. The number of anilines is 2. The Bertz CT molecular complexity index is 711. The number of primary amides is 1. The lowest BCUT2D eigenvalue weighted by atomic mass is 9.96. The van der Waals surface area contributed by atoms with Crippen LogP contribution >= 0.6 is 11.5 Å². The molecule has 1 amide bonds. The Balaban J connectivity index is 1.63. The van der Waals surface area contributed by atoms with E-state index < -0.39 is 5.91 Å². The second-order valence-corrected chi connectivity index (χ2v) is 7.77. The number of amides is 1. The number of carbonyl (C=O) groups excluding carboxylic acids is 1. The lowest BCUT2D eigenvalue weighted by Gasteiger charge is -2.35. The fraction of sp³-hybridized carbons (Fsp3) is 0.471. The number of hydrogen-bond donors (Lipinski definition) is 1. The summed E-state index contributed by atoms with van der Waals surface area (Å²) in [4.78, 5) is 20.5. The van der Waals surface area contributed by atoms with Crippen LogP contribution in [-0.4, -0.2) is 41.4 Å². The smallest absolute Gasteiger partial charge is 0.248 e. The fourth-order valence-electron chi connectivity index (χ4n) is 2.64. The van der Waals surface area contributed by atoms with Gasteiger partial charge in [0.1, 0.15) is 5.82 Å². The van der Waals surface area contributed by atoms with Crippen molar-refractivity contribution < 1.29 is 4.79 Å². The normalized spacial score (nSPS) is 15.6. The van der Waals surface area contributed by atoms with E-state index in [1.807, 2.05) is 12.1 Å². The Morgan fingerprint density at radius 3 is 2.17 bits per heavy atom. The van der Waals surface area contributed by atoms with E-state index in [-0.39, 0.29) is 5.41 Å². The average molecular weight is 345 g/mol. The first-order valence-corrected chi connectivity index (χ1v) is 8.86. The van der Waals surface area contributed by atoms with Crippen LogP contribution < -0.4 is 15.5 Å². The van der Waals surface area contributed by atoms with Crippen molar-refractivity contribution in [3.63, 3.8) is 0 Å². The number of benzene rings is 1. The molecule has 2 N–H and O–H groups in total. The number of rotatable bonds is 3. The SMILES string of the molecule is CC(C)(C)c1nsc(N2CCN(c3ccc(C(N)=O)cc3)CC2)n1. The van der Waals surface area contributed by atoms with Gasteiger partial charge in [0.15, 0.2) is 0 Å². The first-order chi connectivity index (χ1) is 11.3. The molecule has 1 saturated heterocycles. The highest BCUT2D eigenvalue weighted by Crippen LogP contribution is 2.27. The number of nitrogens with two attached hydrogens (primary N) is 1. The highest BCUT2D eigenvalue weighted by molar-refractivity contribution is 7.09. The number of nitrogens with zero attached hydrogens (tertiary/aromatic N) is 4. The van der Waals surface area contributed by atoms with Gasteiger partial charge < -0.3 is 15.5 Å². The lowest BCUT2D eigenvalue weighted by molar-refractivity contribution is 0.100. The van der Waals surface area contributed by atoms with Gasteiger partial charge in [0, 0.05) is 54.4 Å². The molecule has 6 nitrogen and oxygen atoms in total. The molecule has 0 spiro atoms. The van der Waals surface area contributed by atoms with E-state index in [0.29, 0.717) is 5.56 Å². The molecule has 0 aliphatic carbocycles. The molecule has 0 radical (unpaired) electrons. The first kappa shape index (κ1) is 16.7. The Kier molecular flexibility index (Phi) is 4.45. The largest absolute Gasteiger partial charge is 0.368 e. The minimum Gasteiger partial charge on any atom is -0.368 e. The van der Waals surface area contributed by atoms with Crippen molar-refractivity contribution in [1.29, 1.82) is 0 Å². The van der Waals surface area contributed by atoms with Crippen LogP contribution in [0.15, 0.2) is 24.3 Å². The quantitative estimate of drug-likeness (QED) is 0.923. The van der Waals surface area contributed by atoms with Crippen LogP contribution in [0.4, 0.5) is 10.8 Å². The maximum atomic E-state index is 11.2. The summed E-state index contributed by atoms with van der Waals surface area (Å²) in [7, 11) is 0. The van der Waals surface area contributed by atoms with Gasteiger partial charge in [-0.25, -0.2) is 4.98 Å². The van der Waals surface area contributed by atoms with Gasteiger partial charge in [-0.05, 0) is 24.3 Å². The second kappa shape index (κ2) is 6.39. The van der Waals surface area contributed by atoms with Gasteiger partial charge in [-0.15, -0.1) is 0 Å². The number of piperazine rings is 1. The molecule has 0 bridgehead atoms. The molecule has 1 aliphatic rings. The zero-order valence-electron chi connectivity index (χ0n) is 14.3. The highest BCUT2D eigenvalue weighted by Gasteiger charge is 2.24. The third-order valence-corrected chi connectivity index (χ3v) is 4.93. The molecule has 7 heteroatoms. The van der Waals surface area contributed by atoms with Crippen LogP contribution in [0.5, 0.6) is 0 Å². The molecule has 2 heterocycles. The van der Waals surface area contributed by atoms with Gasteiger partial charge in [-0.1, -0.05) is 20.8 Å². The monoisotopic (exact) mass is 345 g/mol. The summed E-state index contributed by atoms with van der Waals surface area (Å²) in [6.07, 6.45) is 0. The minimum atomic E-state index is -0.391. The summed E-state index contributed by atoms with van der Waals surface area (Å²) in [5, 5.41) is 1.00. The van der Waals surface area contributed by atoms with E-state index in [4.69, 9.17) is 10.7 Å². The molecule has 3 rings (SSSR count). The van der Waals surface area contributed by atoms with E-state index in [1.54, 1.807) is 12.1 Å². The molecule has 24 heavy (non-hydrogen) atoms. The van der Waals surface area contributed by atoms with Gasteiger partial charge in [0.05, 0.1) is 0 Å². The molecule has 0 unspecified atom stereocenters. The number of carbonyl (C=O) groups is 1. The summed E-state index contributed by atoms with van der Waals surface area (Å²) >= 11 is 1.48. The highest BCUT2D eigenvalue weighted by atomic mass is 32.1. The standard InChI is InChI=1S/C17H23N5OS/c1-17(2,3)15-19-16(24-20-15)22-10-8-21(9-11-22)13-6-4-12(5-7-13)14(18)23/h4-7H,8-11H2,1-3H3,(H2,18,23). The third-order valence-electron chi connectivity index (χ3n) is 4.15. The molecule has 1 aromatic carbocycles. The van der Waals surface area contributed by atoms with Crippen LogP contribution in [-0.2, 0) is 5.41 Å². The molecule has 1 aliphatic heterocycles. The van der Waals surface area contributed by atoms with E-state index >= 15 is 0 Å². The molecular weight excluding hydrogens is 322 g/mol. The van der Waals surface area contributed by atoms with Gasteiger partial charge in [0.2, 0.25) is 11.0 Å². The summed E-state index contributed by atoms with van der Waals surface area (Å²) in [6.45, 7) is 10.1. The lowest BCUT2D eigenvalue weighted by Crippen LogP contribution is -2.46. The van der Waals surface area contributed by atoms with Crippen molar-refractivity contribution in [2.45, 2.75) is 26.2 Å². The summed E-state index contributed by atoms with van der Waals surface area (Å²) in [5.41, 5.74) is 6.93. The van der Waals surface area contributed by atoms with Crippen LogP contribution in [0.2, 0.25) is 0 Å². The molecule has 0 saturated carbocycles. The van der Waals surface area contributed by atoms with Gasteiger partial charge in [-0.3, -0.25) is 4.79 Å².